The summed E-state index contributed by atoms with van der Waals surface area (Å²) in [5, 5.41) is 9.01. The van der Waals surface area contributed by atoms with Gasteiger partial charge in [0.1, 0.15) is 0 Å². The van der Waals surface area contributed by atoms with Gasteiger partial charge in [0.15, 0.2) is 0 Å². The Morgan fingerprint density at radius 1 is 1.39 bits per heavy atom. The summed E-state index contributed by atoms with van der Waals surface area (Å²) in [5.41, 5.74) is 0.213. The molecular weight excluding hydrogens is 254 g/mol. The van der Waals surface area contributed by atoms with Crippen LogP contribution in [0.25, 0.3) is 0 Å². The van der Waals surface area contributed by atoms with Gasteiger partial charge in [-0.15, -0.1) is 0 Å². The van der Waals surface area contributed by atoms with Crippen LogP contribution in [0.2, 0.25) is 0 Å². The van der Waals surface area contributed by atoms with Crippen molar-refractivity contribution in [1.82, 2.24) is 4.31 Å². The van der Waals surface area contributed by atoms with Gasteiger partial charge in [-0.25, -0.2) is 12.7 Å². The van der Waals surface area contributed by atoms with Crippen molar-refractivity contribution >= 4 is 16.0 Å². The summed E-state index contributed by atoms with van der Waals surface area (Å²) in [5.74, 6) is -1.40. The summed E-state index contributed by atoms with van der Waals surface area (Å²) < 4.78 is 25.7. The van der Waals surface area contributed by atoms with E-state index in [9.17, 15) is 13.2 Å². The molecule has 5 nitrogen and oxygen atoms in total. The van der Waals surface area contributed by atoms with Crippen LogP contribution in [0.1, 0.15) is 33.1 Å². The SMILES string of the molecule is C[C@@H]1CN(S(=O)(=O)CCC2(C)CC2)C[C@H]1C(=O)O. The van der Waals surface area contributed by atoms with E-state index in [2.05, 4.69) is 6.92 Å². The second kappa shape index (κ2) is 4.49. The van der Waals surface area contributed by atoms with Crippen LogP contribution in [0.15, 0.2) is 0 Å². The van der Waals surface area contributed by atoms with E-state index in [4.69, 9.17) is 5.11 Å². The molecule has 1 saturated carbocycles. The van der Waals surface area contributed by atoms with Crippen molar-refractivity contribution in [3.63, 3.8) is 0 Å². The summed E-state index contributed by atoms with van der Waals surface area (Å²) in [6.45, 7) is 4.39. The summed E-state index contributed by atoms with van der Waals surface area (Å²) in [6, 6.07) is 0. The third-order valence-corrected chi connectivity index (χ3v) is 6.16. The highest BCUT2D eigenvalue weighted by atomic mass is 32.2. The van der Waals surface area contributed by atoms with Crippen LogP contribution >= 0.6 is 0 Å². The molecule has 0 unspecified atom stereocenters. The van der Waals surface area contributed by atoms with Crippen molar-refractivity contribution in [3.8, 4) is 0 Å². The minimum absolute atomic E-state index is 0.103. The van der Waals surface area contributed by atoms with Crippen LogP contribution in [0, 0.1) is 17.3 Å². The fourth-order valence-electron chi connectivity index (χ4n) is 2.44. The molecule has 0 radical (unpaired) electrons. The maximum absolute atomic E-state index is 12.2. The first-order valence-electron chi connectivity index (χ1n) is 6.44. The molecule has 2 fully saturated rings. The smallest absolute Gasteiger partial charge is 0.308 e. The molecule has 0 aromatic heterocycles. The Bertz CT molecular complexity index is 441. The molecule has 1 saturated heterocycles. The molecular formula is C12H21NO4S. The van der Waals surface area contributed by atoms with Crippen molar-refractivity contribution in [2.45, 2.75) is 33.1 Å². The van der Waals surface area contributed by atoms with Gasteiger partial charge >= 0.3 is 5.97 Å². The van der Waals surface area contributed by atoms with Gasteiger partial charge in [-0.1, -0.05) is 13.8 Å². The highest BCUT2D eigenvalue weighted by molar-refractivity contribution is 7.89. The monoisotopic (exact) mass is 275 g/mol. The first-order valence-corrected chi connectivity index (χ1v) is 8.05. The molecule has 0 spiro atoms. The van der Waals surface area contributed by atoms with Crippen molar-refractivity contribution in [3.05, 3.63) is 0 Å². The predicted molar refractivity (Wildman–Crippen MR) is 67.6 cm³/mol. The Labute approximate surface area is 108 Å². The van der Waals surface area contributed by atoms with Crippen molar-refractivity contribution < 1.29 is 18.3 Å². The van der Waals surface area contributed by atoms with Crippen LogP contribution in [0.5, 0.6) is 0 Å². The Kier molecular flexibility index (Phi) is 3.44. The number of aliphatic carboxylic acids is 1. The molecule has 2 aliphatic rings. The van der Waals surface area contributed by atoms with E-state index in [1.54, 1.807) is 6.92 Å². The zero-order valence-corrected chi connectivity index (χ0v) is 11.7. The van der Waals surface area contributed by atoms with Gasteiger partial charge in [-0.2, -0.15) is 0 Å². The highest BCUT2D eigenvalue weighted by Crippen LogP contribution is 2.48. The average Bonchev–Trinajstić information content (AvgIpc) is 2.85. The molecule has 18 heavy (non-hydrogen) atoms. The molecule has 6 heteroatoms. The van der Waals surface area contributed by atoms with E-state index in [1.807, 2.05) is 0 Å². The van der Waals surface area contributed by atoms with Gasteiger partial charge in [0.2, 0.25) is 10.0 Å². The van der Waals surface area contributed by atoms with E-state index >= 15 is 0 Å². The van der Waals surface area contributed by atoms with Crippen molar-refractivity contribution in [1.29, 1.82) is 0 Å². The van der Waals surface area contributed by atoms with Gasteiger partial charge in [0.25, 0.3) is 0 Å². The van der Waals surface area contributed by atoms with Gasteiger partial charge < -0.3 is 5.11 Å². The second-order valence-electron chi connectivity index (χ2n) is 6.12. The van der Waals surface area contributed by atoms with Gasteiger partial charge in [-0.05, 0) is 30.6 Å². The molecule has 1 aliphatic carbocycles. The fraction of sp³-hybridized carbons (Fsp3) is 0.917. The molecule has 1 heterocycles. The molecule has 1 aliphatic heterocycles. The number of carbonyl (C=O) groups is 1. The molecule has 0 aromatic carbocycles. The van der Waals surface area contributed by atoms with Gasteiger partial charge in [-0.3, -0.25) is 4.79 Å². The van der Waals surface area contributed by atoms with E-state index in [0.717, 1.165) is 12.8 Å². The lowest BCUT2D eigenvalue weighted by Gasteiger charge is -2.17. The molecule has 0 aromatic rings. The number of carboxylic acid groups (broad SMARTS) is 1. The van der Waals surface area contributed by atoms with Gasteiger partial charge in [0.05, 0.1) is 11.7 Å². The Morgan fingerprint density at radius 3 is 2.44 bits per heavy atom. The number of sulfonamides is 1. The number of nitrogens with zero attached hydrogens (tertiary/aromatic N) is 1. The maximum atomic E-state index is 12.2. The highest BCUT2D eigenvalue weighted by Gasteiger charge is 2.42. The zero-order valence-electron chi connectivity index (χ0n) is 10.9. The van der Waals surface area contributed by atoms with E-state index in [0.29, 0.717) is 13.0 Å². The van der Waals surface area contributed by atoms with Crippen LogP contribution in [-0.4, -0.2) is 42.6 Å². The van der Waals surface area contributed by atoms with Crippen LogP contribution < -0.4 is 0 Å². The van der Waals surface area contributed by atoms with Crippen LogP contribution in [0.4, 0.5) is 0 Å². The molecule has 2 rings (SSSR count). The lowest BCUT2D eigenvalue weighted by molar-refractivity contribution is -0.142. The standard InChI is InChI=1S/C12H21NO4S/c1-9-7-13(8-10(9)11(14)15)18(16,17)6-5-12(2)3-4-12/h9-10H,3-8H2,1-2H3,(H,14,15)/t9-,10-/m1/s1. The number of hydrogen-bond donors (Lipinski definition) is 1. The molecule has 2 atom stereocenters. The third kappa shape index (κ3) is 2.85. The lowest BCUT2D eigenvalue weighted by Crippen LogP contribution is -2.32. The normalized spacial score (nSPS) is 31.4. The lowest BCUT2D eigenvalue weighted by atomic mass is 9.99. The first-order chi connectivity index (χ1) is 8.23. The molecule has 0 amide bonds. The molecule has 0 bridgehead atoms. The molecule has 1 N–H and O–H groups in total. The Balaban J connectivity index is 1.96. The first kappa shape index (κ1) is 13.8. The minimum Gasteiger partial charge on any atom is -0.481 e. The number of carboxylic acids is 1. The quantitative estimate of drug-likeness (QED) is 0.817. The minimum atomic E-state index is -3.28. The van der Waals surface area contributed by atoms with E-state index in [-0.39, 0.29) is 23.6 Å². The number of hydrogen-bond acceptors (Lipinski definition) is 3. The summed E-state index contributed by atoms with van der Waals surface area (Å²) in [7, 11) is -3.28. The van der Waals surface area contributed by atoms with Crippen LogP contribution in [0.3, 0.4) is 0 Å². The third-order valence-electron chi connectivity index (χ3n) is 4.36. The van der Waals surface area contributed by atoms with E-state index in [1.165, 1.54) is 4.31 Å². The largest absolute Gasteiger partial charge is 0.481 e. The van der Waals surface area contributed by atoms with Crippen molar-refractivity contribution in [2.75, 3.05) is 18.8 Å². The van der Waals surface area contributed by atoms with Crippen molar-refractivity contribution in [2.24, 2.45) is 17.3 Å². The summed E-state index contributed by atoms with van der Waals surface area (Å²) in [6.07, 6.45) is 2.91. The fourth-order valence-corrected chi connectivity index (χ4v) is 4.30. The Morgan fingerprint density at radius 2 is 2.00 bits per heavy atom. The number of rotatable bonds is 5. The van der Waals surface area contributed by atoms with E-state index < -0.39 is 21.9 Å². The molecule has 104 valence electrons. The van der Waals surface area contributed by atoms with Crippen LogP contribution in [-0.2, 0) is 14.8 Å². The predicted octanol–water partition coefficient (Wildman–Crippen LogP) is 1.16. The average molecular weight is 275 g/mol. The topological polar surface area (TPSA) is 74.7 Å². The second-order valence-corrected chi connectivity index (χ2v) is 8.20. The maximum Gasteiger partial charge on any atom is 0.308 e. The summed E-state index contributed by atoms with van der Waals surface area (Å²) >= 11 is 0. The van der Waals surface area contributed by atoms with Gasteiger partial charge in [0, 0.05) is 13.1 Å². The zero-order chi connectivity index (χ0) is 13.6. The summed E-state index contributed by atoms with van der Waals surface area (Å²) in [4.78, 5) is 11.0. The Hall–Kier alpha value is -0.620.